The summed E-state index contributed by atoms with van der Waals surface area (Å²) in [5.74, 6) is 0.803. The summed E-state index contributed by atoms with van der Waals surface area (Å²) in [7, 11) is 1.73. The molecular formula is C10H23NO. The third-order valence-corrected chi connectivity index (χ3v) is 2.48. The summed E-state index contributed by atoms with van der Waals surface area (Å²) >= 11 is 0. The van der Waals surface area contributed by atoms with Crippen LogP contribution in [0.15, 0.2) is 0 Å². The van der Waals surface area contributed by atoms with Gasteiger partial charge in [0.2, 0.25) is 0 Å². The predicted molar refractivity (Wildman–Crippen MR) is 53.2 cm³/mol. The lowest BCUT2D eigenvalue weighted by atomic mass is 9.94. The van der Waals surface area contributed by atoms with Crippen molar-refractivity contribution in [1.82, 2.24) is 0 Å². The molecule has 0 aliphatic heterocycles. The molecule has 0 spiro atoms. The summed E-state index contributed by atoms with van der Waals surface area (Å²) in [4.78, 5) is 0. The number of hydrogen-bond donors (Lipinski definition) is 1. The molecule has 0 aromatic rings. The second-order valence-electron chi connectivity index (χ2n) is 3.46. The van der Waals surface area contributed by atoms with E-state index in [0.717, 1.165) is 25.4 Å². The second-order valence-corrected chi connectivity index (χ2v) is 3.46. The molecule has 0 amide bonds. The van der Waals surface area contributed by atoms with Gasteiger partial charge in [-0.25, -0.2) is 0 Å². The molecule has 0 fully saturated rings. The summed E-state index contributed by atoms with van der Waals surface area (Å²) in [6.45, 7) is 5.26. The van der Waals surface area contributed by atoms with E-state index >= 15 is 0 Å². The lowest BCUT2D eigenvalue weighted by Crippen LogP contribution is -2.24. The van der Waals surface area contributed by atoms with Crippen molar-refractivity contribution < 1.29 is 4.74 Å². The Kier molecular flexibility index (Phi) is 7.51. The fourth-order valence-corrected chi connectivity index (χ4v) is 1.44. The maximum Gasteiger partial charge on any atom is 0.0477 e. The van der Waals surface area contributed by atoms with Crippen molar-refractivity contribution in [1.29, 1.82) is 0 Å². The van der Waals surface area contributed by atoms with Crippen molar-refractivity contribution in [2.45, 2.75) is 45.6 Å². The van der Waals surface area contributed by atoms with E-state index in [1.807, 2.05) is 0 Å². The van der Waals surface area contributed by atoms with Crippen LogP contribution in [0.25, 0.3) is 0 Å². The average molecular weight is 173 g/mol. The number of methoxy groups -OCH3 is 1. The highest BCUT2D eigenvalue weighted by molar-refractivity contribution is 4.66. The Hall–Kier alpha value is -0.0800. The summed E-state index contributed by atoms with van der Waals surface area (Å²) in [6.07, 6.45) is 4.64. The molecule has 74 valence electrons. The molecule has 0 aromatic heterocycles. The minimum absolute atomic E-state index is 0.329. The number of rotatable bonds is 7. The monoisotopic (exact) mass is 173 g/mol. The van der Waals surface area contributed by atoms with E-state index in [2.05, 4.69) is 13.8 Å². The third kappa shape index (κ3) is 5.56. The highest BCUT2D eigenvalue weighted by atomic mass is 16.5. The highest BCUT2D eigenvalue weighted by Gasteiger charge is 2.09. The summed E-state index contributed by atoms with van der Waals surface area (Å²) < 4.78 is 4.98. The van der Waals surface area contributed by atoms with Gasteiger partial charge in [-0.15, -0.1) is 0 Å². The van der Waals surface area contributed by atoms with Crippen molar-refractivity contribution in [3.05, 3.63) is 0 Å². The first-order valence-electron chi connectivity index (χ1n) is 4.99. The Bertz CT molecular complexity index is 91.8. The standard InChI is InChI=1S/C10H23NO/c1-4-9(5-2)8-10(11)6-7-12-3/h9-10H,4-8,11H2,1-3H3. The molecule has 0 rings (SSSR count). The zero-order valence-electron chi connectivity index (χ0n) is 8.68. The number of hydrogen-bond acceptors (Lipinski definition) is 2. The van der Waals surface area contributed by atoms with Gasteiger partial charge in [-0.05, 0) is 18.8 Å². The van der Waals surface area contributed by atoms with Crippen LogP contribution in [0.4, 0.5) is 0 Å². The predicted octanol–water partition coefficient (Wildman–Crippen LogP) is 2.18. The second kappa shape index (κ2) is 7.56. The molecule has 12 heavy (non-hydrogen) atoms. The molecule has 0 aliphatic rings. The highest BCUT2D eigenvalue weighted by Crippen LogP contribution is 2.15. The Morgan fingerprint density at radius 2 is 1.83 bits per heavy atom. The molecular weight excluding hydrogens is 150 g/mol. The van der Waals surface area contributed by atoms with Gasteiger partial charge in [-0.3, -0.25) is 0 Å². The molecule has 2 N–H and O–H groups in total. The van der Waals surface area contributed by atoms with Gasteiger partial charge < -0.3 is 10.5 Å². The molecule has 0 radical (unpaired) electrons. The Balaban J connectivity index is 3.44. The van der Waals surface area contributed by atoms with E-state index in [9.17, 15) is 0 Å². The van der Waals surface area contributed by atoms with E-state index in [0.29, 0.717) is 6.04 Å². The Labute approximate surface area is 76.5 Å². The molecule has 0 saturated heterocycles. The van der Waals surface area contributed by atoms with E-state index < -0.39 is 0 Å². The van der Waals surface area contributed by atoms with Crippen molar-refractivity contribution in [2.75, 3.05) is 13.7 Å². The lowest BCUT2D eigenvalue weighted by molar-refractivity contribution is 0.183. The number of ether oxygens (including phenoxy) is 1. The van der Waals surface area contributed by atoms with Crippen LogP contribution in [0.2, 0.25) is 0 Å². The quantitative estimate of drug-likeness (QED) is 0.640. The lowest BCUT2D eigenvalue weighted by Gasteiger charge is -2.17. The largest absolute Gasteiger partial charge is 0.385 e. The topological polar surface area (TPSA) is 35.2 Å². The fraction of sp³-hybridized carbons (Fsp3) is 1.00. The molecule has 2 nitrogen and oxygen atoms in total. The van der Waals surface area contributed by atoms with Gasteiger partial charge in [0.15, 0.2) is 0 Å². The summed E-state index contributed by atoms with van der Waals surface area (Å²) in [5, 5.41) is 0. The van der Waals surface area contributed by atoms with Crippen LogP contribution >= 0.6 is 0 Å². The van der Waals surface area contributed by atoms with Gasteiger partial charge in [-0.2, -0.15) is 0 Å². The van der Waals surface area contributed by atoms with Gasteiger partial charge in [0.25, 0.3) is 0 Å². The van der Waals surface area contributed by atoms with Crippen LogP contribution in [-0.2, 0) is 4.74 Å². The zero-order valence-corrected chi connectivity index (χ0v) is 8.68. The molecule has 0 saturated carbocycles. The minimum atomic E-state index is 0.329. The molecule has 0 aromatic carbocycles. The maximum absolute atomic E-state index is 5.93. The minimum Gasteiger partial charge on any atom is -0.385 e. The first-order valence-corrected chi connectivity index (χ1v) is 4.99. The summed E-state index contributed by atoms with van der Waals surface area (Å²) in [5.41, 5.74) is 5.93. The smallest absolute Gasteiger partial charge is 0.0477 e. The van der Waals surface area contributed by atoms with Crippen molar-refractivity contribution in [3.8, 4) is 0 Å². The zero-order chi connectivity index (χ0) is 9.40. The molecule has 0 aliphatic carbocycles. The van der Waals surface area contributed by atoms with E-state index in [-0.39, 0.29) is 0 Å². The fourth-order valence-electron chi connectivity index (χ4n) is 1.44. The van der Waals surface area contributed by atoms with Gasteiger partial charge in [-0.1, -0.05) is 26.7 Å². The van der Waals surface area contributed by atoms with E-state index in [1.165, 1.54) is 12.8 Å². The van der Waals surface area contributed by atoms with Crippen molar-refractivity contribution >= 4 is 0 Å². The van der Waals surface area contributed by atoms with Gasteiger partial charge in [0.1, 0.15) is 0 Å². The number of nitrogens with two attached hydrogens (primary N) is 1. The van der Waals surface area contributed by atoms with Crippen LogP contribution in [0.5, 0.6) is 0 Å². The van der Waals surface area contributed by atoms with Gasteiger partial charge >= 0.3 is 0 Å². The Morgan fingerprint density at radius 3 is 2.25 bits per heavy atom. The first kappa shape index (κ1) is 11.9. The van der Waals surface area contributed by atoms with Crippen LogP contribution in [0.3, 0.4) is 0 Å². The summed E-state index contributed by atoms with van der Waals surface area (Å²) in [6, 6.07) is 0.329. The molecule has 1 atom stereocenters. The van der Waals surface area contributed by atoms with Crippen LogP contribution in [0.1, 0.15) is 39.5 Å². The molecule has 2 heteroatoms. The van der Waals surface area contributed by atoms with Gasteiger partial charge in [0, 0.05) is 19.8 Å². The SMILES string of the molecule is CCC(CC)CC(N)CCOC. The molecule has 1 unspecified atom stereocenters. The van der Waals surface area contributed by atoms with Crippen LogP contribution < -0.4 is 5.73 Å². The van der Waals surface area contributed by atoms with E-state index in [4.69, 9.17) is 10.5 Å². The third-order valence-electron chi connectivity index (χ3n) is 2.48. The van der Waals surface area contributed by atoms with E-state index in [1.54, 1.807) is 7.11 Å². The van der Waals surface area contributed by atoms with Crippen molar-refractivity contribution in [3.63, 3.8) is 0 Å². The van der Waals surface area contributed by atoms with Crippen molar-refractivity contribution in [2.24, 2.45) is 11.7 Å². The first-order chi connectivity index (χ1) is 5.74. The average Bonchev–Trinajstić information content (AvgIpc) is 2.10. The Morgan fingerprint density at radius 1 is 1.25 bits per heavy atom. The normalized spacial score (nSPS) is 13.8. The van der Waals surface area contributed by atoms with Gasteiger partial charge in [0.05, 0.1) is 0 Å². The molecule has 0 heterocycles. The molecule has 0 bridgehead atoms. The van der Waals surface area contributed by atoms with Crippen LogP contribution in [0, 0.1) is 5.92 Å². The van der Waals surface area contributed by atoms with Crippen LogP contribution in [-0.4, -0.2) is 19.8 Å². The maximum atomic E-state index is 5.93.